The predicted octanol–water partition coefficient (Wildman–Crippen LogP) is 4.78. The Morgan fingerprint density at radius 3 is 2.52 bits per heavy atom. The number of non-ortho nitro benzene ring substituents is 1. The Balaban J connectivity index is 2.03. The van der Waals surface area contributed by atoms with Crippen molar-refractivity contribution in [2.75, 3.05) is 19.5 Å². The molecule has 0 saturated heterocycles. The summed E-state index contributed by atoms with van der Waals surface area (Å²) in [6.07, 6.45) is 0. The summed E-state index contributed by atoms with van der Waals surface area (Å²) >= 11 is 3.50. The van der Waals surface area contributed by atoms with Crippen molar-refractivity contribution in [3.8, 4) is 11.5 Å². The molecule has 0 radical (unpaired) electrons. The molecule has 0 fully saturated rings. The number of halogens is 1. The van der Waals surface area contributed by atoms with Gasteiger partial charge in [0.25, 0.3) is 11.6 Å². The average Bonchev–Trinajstić information content (AvgIpc) is 2.68. The molecule has 0 unspecified atom stereocenters. The largest absolute Gasteiger partial charge is 0.495 e. The molecule has 7 nitrogen and oxygen atoms in total. The predicted molar refractivity (Wildman–Crippen MR) is 106 cm³/mol. The van der Waals surface area contributed by atoms with Crippen LogP contribution >= 0.6 is 15.9 Å². The van der Waals surface area contributed by atoms with E-state index in [1.807, 2.05) is 24.3 Å². The molecule has 0 heterocycles. The van der Waals surface area contributed by atoms with Crippen molar-refractivity contribution in [3.05, 3.63) is 68.7 Å². The highest BCUT2D eigenvalue weighted by Gasteiger charge is 2.20. The molecule has 0 aliphatic heterocycles. The third-order valence-electron chi connectivity index (χ3n) is 4.03. The number of carbonyl (C=O) groups excluding carboxylic acids is 1. The van der Waals surface area contributed by atoms with E-state index in [-0.39, 0.29) is 11.4 Å². The molecule has 3 aromatic carbocycles. The molecular formula is C19H15BrN2O5. The van der Waals surface area contributed by atoms with Crippen molar-refractivity contribution in [2.45, 2.75) is 0 Å². The molecule has 0 aromatic heterocycles. The second-order valence-corrected chi connectivity index (χ2v) is 6.38. The maximum Gasteiger partial charge on any atom is 0.273 e. The average molecular weight is 431 g/mol. The van der Waals surface area contributed by atoms with Gasteiger partial charge in [0.2, 0.25) is 0 Å². The van der Waals surface area contributed by atoms with Gasteiger partial charge in [-0.1, -0.05) is 24.3 Å². The van der Waals surface area contributed by atoms with Crippen LogP contribution in [0.2, 0.25) is 0 Å². The van der Waals surface area contributed by atoms with E-state index < -0.39 is 10.8 Å². The molecular weight excluding hydrogens is 416 g/mol. The number of amides is 1. The van der Waals surface area contributed by atoms with Crippen LogP contribution in [0.1, 0.15) is 10.4 Å². The molecule has 138 valence electrons. The fourth-order valence-electron chi connectivity index (χ4n) is 2.74. The van der Waals surface area contributed by atoms with Gasteiger partial charge in [-0.05, 0) is 38.8 Å². The molecule has 1 N–H and O–H groups in total. The van der Waals surface area contributed by atoms with E-state index in [1.54, 1.807) is 6.07 Å². The molecule has 0 aliphatic rings. The van der Waals surface area contributed by atoms with Gasteiger partial charge in [-0.25, -0.2) is 0 Å². The van der Waals surface area contributed by atoms with Gasteiger partial charge in [0.05, 0.1) is 40.9 Å². The molecule has 0 spiro atoms. The van der Waals surface area contributed by atoms with Crippen LogP contribution < -0.4 is 14.8 Å². The molecule has 3 rings (SSSR count). The van der Waals surface area contributed by atoms with E-state index in [1.165, 1.54) is 32.4 Å². The van der Waals surface area contributed by atoms with Gasteiger partial charge in [0.15, 0.2) is 0 Å². The number of nitro benzene ring substituents is 1. The standard InChI is InChI=1S/C19H15BrN2O5/c1-26-16-10-12(22(24)25)7-8-15(16)21-19(23)14-9-11-5-3-4-6-13(11)17(20)18(14)27-2/h3-10H,1-2H3,(H,21,23). The van der Waals surface area contributed by atoms with Gasteiger partial charge in [-0.15, -0.1) is 0 Å². The van der Waals surface area contributed by atoms with E-state index in [4.69, 9.17) is 9.47 Å². The van der Waals surface area contributed by atoms with Crippen LogP contribution in [0.4, 0.5) is 11.4 Å². The Labute approximate surface area is 163 Å². The number of nitrogens with one attached hydrogen (secondary N) is 1. The molecule has 0 saturated carbocycles. The highest BCUT2D eigenvalue weighted by Crippen LogP contribution is 2.37. The Morgan fingerprint density at radius 2 is 1.85 bits per heavy atom. The van der Waals surface area contributed by atoms with Crippen LogP contribution in [0, 0.1) is 10.1 Å². The summed E-state index contributed by atoms with van der Waals surface area (Å²) in [4.78, 5) is 23.3. The lowest BCUT2D eigenvalue weighted by Crippen LogP contribution is -2.14. The van der Waals surface area contributed by atoms with Gasteiger partial charge in [-0.3, -0.25) is 14.9 Å². The number of benzene rings is 3. The summed E-state index contributed by atoms with van der Waals surface area (Å²) in [5.41, 5.74) is 0.513. The summed E-state index contributed by atoms with van der Waals surface area (Å²) in [6.45, 7) is 0. The van der Waals surface area contributed by atoms with Crippen molar-refractivity contribution in [1.82, 2.24) is 0 Å². The van der Waals surface area contributed by atoms with E-state index in [0.29, 0.717) is 21.5 Å². The third kappa shape index (κ3) is 3.56. The number of fused-ring (bicyclic) bond motifs is 1. The van der Waals surface area contributed by atoms with Crippen molar-refractivity contribution in [1.29, 1.82) is 0 Å². The van der Waals surface area contributed by atoms with Crippen LogP contribution in [0.3, 0.4) is 0 Å². The lowest BCUT2D eigenvalue weighted by atomic mass is 10.0. The van der Waals surface area contributed by atoms with Crippen molar-refractivity contribution in [3.63, 3.8) is 0 Å². The first-order valence-electron chi connectivity index (χ1n) is 7.85. The van der Waals surface area contributed by atoms with Crippen LogP contribution in [-0.4, -0.2) is 25.1 Å². The number of rotatable bonds is 5. The van der Waals surface area contributed by atoms with Gasteiger partial charge in [-0.2, -0.15) is 0 Å². The fourth-order valence-corrected chi connectivity index (χ4v) is 3.48. The first-order chi connectivity index (χ1) is 13.0. The first kappa shape index (κ1) is 18.7. The van der Waals surface area contributed by atoms with E-state index in [2.05, 4.69) is 21.2 Å². The molecule has 3 aromatic rings. The Hall–Kier alpha value is -3.13. The number of hydrogen-bond acceptors (Lipinski definition) is 5. The zero-order chi connectivity index (χ0) is 19.6. The monoisotopic (exact) mass is 430 g/mol. The number of ether oxygens (including phenoxy) is 2. The maximum atomic E-state index is 12.9. The maximum absolute atomic E-state index is 12.9. The van der Waals surface area contributed by atoms with Crippen LogP contribution in [0.25, 0.3) is 10.8 Å². The Bertz CT molecular complexity index is 1050. The zero-order valence-electron chi connectivity index (χ0n) is 14.5. The van der Waals surface area contributed by atoms with Gasteiger partial charge in [0, 0.05) is 6.07 Å². The third-order valence-corrected chi connectivity index (χ3v) is 4.82. The number of nitro groups is 1. The topological polar surface area (TPSA) is 90.7 Å². The molecule has 27 heavy (non-hydrogen) atoms. The fraction of sp³-hybridized carbons (Fsp3) is 0.105. The van der Waals surface area contributed by atoms with Gasteiger partial charge >= 0.3 is 0 Å². The minimum atomic E-state index is -0.530. The number of anilines is 1. The summed E-state index contributed by atoms with van der Waals surface area (Å²) in [5.74, 6) is 0.161. The minimum Gasteiger partial charge on any atom is -0.495 e. The molecule has 0 atom stereocenters. The normalized spacial score (nSPS) is 10.5. The summed E-state index contributed by atoms with van der Waals surface area (Å²) in [5, 5.41) is 15.4. The lowest BCUT2D eigenvalue weighted by Gasteiger charge is -2.14. The zero-order valence-corrected chi connectivity index (χ0v) is 16.1. The second-order valence-electron chi connectivity index (χ2n) is 5.59. The van der Waals surface area contributed by atoms with Crippen molar-refractivity contribution >= 4 is 44.0 Å². The van der Waals surface area contributed by atoms with Crippen LogP contribution in [-0.2, 0) is 0 Å². The quantitative estimate of drug-likeness (QED) is 0.464. The van der Waals surface area contributed by atoms with E-state index in [0.717, 1.165) is 10.8 Å². The smallest absolute Gasteiger partial charge is 0.273 e. The van der Waals surface area contributed by atoms with Crippen molar-refractivity contribution < 1.29 is 19.2 Å². The highest BCUT2D eigenvalue weighted by molar-refractivity contribution is 9.10. The lowest BCUT2D eigenvalue weighted by molar-refractivity contribution is -0.384. The molecule has 8 heteroatoms. The Kier molecular flexibility index (Phi) is 5.27. The number of hydrogen-bond donors (Lipinski definition) is 1. The highest BCUT2D eigenvalue weighted by atomic mass is 79.9. The van der Waals surface area contributed by atoms with Crippen LogP contribution in [0.5, 0.6) is 11.5 Å². The van der Waals surface area contributed by atoms with Gasteiger partial charge in [0.1, 0.15) is 11.5 Å². The SMILES string of the molecule is COc1cc([N+](=O)[O-])ccc1NC(=O)c1cc2ccccc2c(Br)c1OC. The number of nitrogens with zero attached hydrogens (tertiary/aromatic N) is 1. The van der Waals surface area contributed by atoms with Gasteiger partial charge < -0.3 is 14.8 Å². The molecule has 0 aliphatic carbocycles. The summed E-state index contributed by atoms with van der Waals surface area (Å²) < 4.78 is 11.3. The minimum absolute atomic E-state index is 0.129. The van der Waals surface area contributed by atoms with E-state index in [9.17, 15) is 14.9 Å². The molecule has 0 bridgehead atoms. The summed E-state index contributed by atoms with van der Waals surface area (Å²) in [6, 6.07) is 13.3. The number of methoxy groups -OCH3 is 2. The summed E-state index contributed by atoms with van der Waals surface area (Å²) in [7, 11) is 2.86. The molecule has 1 amide bonds. The van der Waals surface area contributed by atoms with Crippen LogP contribution in [0.15, 0.2) is 53.0 Å². The Morgan fingerprint density at radius 1 is 1.11 bits per heavy atom. The number of carbonyl (C=O) groups is 1. The second kappa shape index (κ2) is 7.63. The first-order valence-corrected chi connectivity index (χ1v) is 8.64. The van der Waals surface area contributed by atoms with E-state index >= 15 is 0 Å². The van der Waals surface area contributed by atoms with Crippen molar-refractivity contribution in [2.24, 2.45) is 0 Å².